The smallest absolute Gasteiger partial charge is 0.307 e. The highest BCUT2D eigenvalue weighted by Gasteiger charge is 2.62. The van der Waals surface area contributed by atoms with Crippen LogP contribution in [0.25, 0.3) is 0 Å². The first-order valence-electron chi connectivity index (χ1n) is 6.16. The number of aliphatic carboxylic acids is 1. The quantitative estimate of drug-likeness (QED) is 0.768. The number of rotatable bonds is 2. The van der Waals surface area contributed by atoms with Crippen LogP contribution in [0.4, 0.5) is 0 Å². The number of carbonyl (C=O) groups excluding carboxylic acids is 1. The third-order valence-corrected chi connectivity index (χ3v) is 4.21. The van der Waals surface area contributed by atoms with Crippen molar-refractivity contribution in [3.63, 3.8) is 0 Å². The summed E-state index contributed by atoms with van der Waals surface area (Å²) >= 11 is 0. The van der Waals surface area contributed by atoms with Gasteiger partial charge in [0.1, 0.15) is 0 Å². The minimum absolute atomic E-state index is 0.0700. The zero-order valence-electron chi connectivity index (χ0n) is 10.4. The van der Waals surface area contributed by atoms with Crippen LogP contribution in [-0.2, 0) is 14.4 Å². The predicted molar refractivity (Wildman–Crippen MR) is 61.9 cm³/mol. The van der Waals surface area contributed by atoms with E-state index in [0.29, 0.717) is 19.5 Å². The normalized spacial score (nSPS) is 41.1. The first-order chi connectivity index (χ1) is 8.42. The van der Waals surface area contributed by atoms with Crippen LogP contribution in [0.1, 0.15) is 20.3 Å². The summed E-state index contributed by atoms with van der Waals surface area (Å²) in [5.41, 5.74) is -0.0711. The van der Waals surface area contributed by atoms with Gasteiger partial charge in [0.15, 0.2) is 0 Å². The van der Waals surface area contributed by atoms with Gasteiger partial charge >= 0.3 is 5.97 Å². The molecular formula is C12H16N2O4. The molecule has 3 aliphatic rings. The van der Waals surface area contributed by atoms with E-state index < -0.39 is 11.6 Å². The maximum Gasteiger partial charge on any atom is 0.307 e. The summed E-state index contributed by atoms with van der Waals surface area (Å²) in [7, 11) is 0. The molecule has 6 heteroatoms. The second-order valence-electron chi connectivity index (χ2n) is 5.73. The summed E-state index contributed by atoms with van der Waals surface area (Å²) in [6.07, 6.45) is 0.514. The maximum absolute atomic E-state index is 12.3. The van der Waals surface area contributed by atoms with Crippen molar-refractivity contribution < 1.29 is 19.5 Å². The van der Waals surface area contributed by atoms with Gasteiger partial charge in [-0.05, 0) is 25.7 Å². The number of carbonyl (C=O) groups is 2. The molecule has 1 aliphatic carbocycles. The van der Waals surface area contributed by atoms with Gasteiger partial charge in [-0.15, -0.1) is 0 Å². The SMILES string of the molecule is CC1=NO[C@](C)(C(=O)N2C[C@@H]3C(C(=O)O)[C@@H]3C2)C1. The van der Waals surface area contributed by atoms with E-state index in [-0.39, 0.29) is 23.7 Å². The van der Waals surface area contributed by atoms with Crippen molar-refractivity contribution >= 4 is 17.6 Å². The Bertz CT molecular complexity index is 449. The highest BCUT2D eigenvalue weighted by molar-refractivity contribution is 5.94. The fraction of sp³-hybridized carbons (Fsp3) is 0.750. The highest BCUT2D eigenvalue weighted by atomic mass is 16.7. The fourth-order valence-corrected chi connectivity index (χ4v) is 3.24. The standard InChI is InChI=1S/C12H16N2O4/c1-6-3-12(2,18-13-6)11(17)14-4-7-8(5-14)9(7)10(15)16/h7-9H,3-5H2,1-2H3,(H,15,16)/t7-,8+,9?,12-/m0/s1. The molecular weight excluding hydrogens is 236 g/mol. The molecule has 2 aliphatic heterocycles. The molecule has 0 aromatic heterocycles. The molecule has 18 heavy (non-hydrogen) atoms. The Hall–Kier alpha value is -1.59. The molecule has 0 bridgehead atoms. The van der Waals surface area contributed by atoms with Gasteiger partial charge < -0.3 is 14.8 Å². The molecule has 0 aromatic rings. The van der Waals surface area contributed by atoms with E-state index in [4.69, 9.17) is 9.94 Å². The molecule has 0 spiro atoms. The monoisotopic (exact) mass is 252 g/mol. The predicted octanol–water partition coefficient (Wildman–Crippen LogP) is 0.330. The fourth-order valence-electron chi connectivity index (χ4n) is 3.24. The molecule has 1 amide bonds. The van der Waals surface area contributed by atoms with Gasteiger partial charge in [-0.2, -0.15) is 0 Å². The topological polar surface area (TPSA) is 79.2 Å². The van der Waals surface area contributed by atoms with Gasteiger partial charge in [0.2, 0.25) is 5.60 Å². The summed E-state index contributed by atoms with van der Waals surface area (Å²) in [5, 5.41) is 12.8. The number of hydrogen-bond acceptors (Lipinski definition) is 4. The Balaban J connectivity index is 1.63. The Labute approximate surface area is 105 Å². The van der Waals surface area contributed by atoms with Crippen LogP contribution in [0.3, 0.4) is 0 Å². The molecule has 4 atom stereocenters. The van der Waals surface area contributed by atoms with Crippen molar-refractivity contribution in [2.24, 2.45) is 22.9 Å². The number of amides is 1. The van der Waals surface area contributed by atoms with E-state index in [2.05, 4.69) is 5.16 Å². The van der Waals surface area contributed by atoms with Gasteiger partial charge in [0.25, 0.3) is 5.91 Å². The van der Waals surface area contributed by atoms with Crippen molar-refractivity contribution in [1.82, 2.24) is 4.90 Å². The second kappa shape index (κ2) is 3.46. The third-order valence-electron chi connectivity index (χ3n) is 4.21. The molecule has 98 valence electrons. The molecule has 1 N–H and O–H groups in total. The number of likely N-dealkylation sites (tertiary alicyclic amines) is 1. The van der Waals surface area contributed by atoms with Crippen LogP contribution in [0.5, 0.6) is 0 Å². The number of hydrogen-bond donors (Lipinski definition) is 1. The summed E-state index contributed by atoms with van der Waals surface area (Å²) in [6, 6.07) is 0. The van der Waals surface area contributed by atoms with E-state index in [1.54, 1.807) is 11.8 Å². The third kappa shape index (κ3) is 1.51. The molecule has 1 saturated carbocycles. The number of carboxylic acids is 1. The van der Waals surface area contributed by atoms with E-state index >= 15 is 0 Å². The molecule has 6 nitrogen and oxygen atoms in total. The van der Waals surface area contributed by atoms with Gasteiger partial charge in [0.05, 0.1) is 11.6 Å². The number of carboxylic acid groups (broad SMARTS) is 1. The first-order valence-corrected chi connectivity index (χ1v) is 6.16. The minimum Gasteiger partial charge on any atom is -0.481 e. The number of fused-ring (bicyclic) bond motifs is 1. The largest absolute Gasteiger partial charge is 0.481 e. The number of nitrogens with zero attached hydrogens (tertiary/aromatic N) is 2. The van der Waals surface area contributed by atoms with Crippen molar-refractivity contribution in [3.05, 3.63) is 0 Å². The summed E-state index contributed by atoms with van der Waals surface area (Å²) in [5.74, 6) is -0.777. The van der Waals surface area contributed by atoms with Crippen molar-refractivity contribution in [2.45, 2.75) is 25.9 Å². The van der Waals surface area contributed by atoms with Crippen molar-refractivity contribution in [3.8, 4) is 0 Å². The summed E-state index contributed by atoms with van der Waals surface area (Å²) in [6.45, 7) is 4.66. The van der Waals surface area contributed by atoms with E-state index in [9.17, 15) is 9.59 Å². The number of oxime groups is 1. The molecule has 2 heterocycles. The Kier molecular flexibility index (Phi) is 2.21. The minimum atomic E-state index is -0.889. The molecule has 2 fully saturated rings. The maximum atomic E-state index is 12.3. The first kappa shape index (κ1) is 11.5. The molecule has 0 radical (unpaired) electrons. The Morgan fingerprint density at radius 3 is 2.50 bits per heavy atom. The molecule has 1 saturated heterocycles. The van der Waals surface area contributed by atoms with Gasteiger partial charge in [-0.1, -0.05) is 5.16 Å². The average Bonchev–Trinajstić information content (AvgIpc) is 2.66. The lowest BCUT2D eigenvalue weighted by Crippen LogP contribution is -2.47. The Morgan fingerprint density at radius 2 is 2.06 bits per heavy atom. The second-order valence-corrected chi connectivity index (χ2v) is 5.73. The van der Waals surface area contributed by atoms with E-state index in [1.165, 1.54) is 0 Å². The van der Waals surface area contributed by atoms with Crippen LogP contribution in [0.15, 0.2) is 5.16 Å². The van der Waals surface area contributed by atoms with Crippen LogP contribution in [0, 0.1) is 17.8 Å². The summed E-state index contributed by atoms with van der Waals surface area (Å²) in [4.78, 5) is 30.2. The summed E-state index contributed by atoms with van der Waals surface area (Å²) < 4.78 is 0. The molecule has 1 unspecified atom stereocenters. The van der Waals surface area contributed by atoms with Crippen LogP contribution in [-0.4, -0.2) is 46.3 Å². The van der Waals surface area contributed by atoms with E-state index in [1.807, 2.05) is 6.92 Å². The Morgan fingerprint density at radius 1 is 1.44 bits per heavy atom. The van der Waals surface area contributed by atoms with Gasteiger partial charge in [-0.3, -0.25) is 9.59 Å². The van der Waals surface area contributed by atoms with Crippen molar-refractivity contribution in [1.29, 1.82) is 0 Å². The van der Waals surface area contributed by atoms with E-state index in [0.717, 1.165) is 5.71 Å². The van der Waals surface area contributed by atoms with Gasteiger partial charge in [0, 0.05) is 19.5 Å². The van der Waals surface area contributed by atoms with Crippen molar-refractivity contribution in [2.75, 3.05) is 13.1 Å². The zero-order valence-corrected chi connectivity index (χ0v) is 10.4. The number of piperidine rings is 1. The zero-order chi connectivity index (χ0) is 13.1. The molecule has 0 aromatic carbocycles. The van der Waals surface area contributed by atoms with Crippen LogP contribution in [0.2, 0.25) is 0 Å². The lowest BCUT2D eigenvalue weighted by molar-refractivity contribution is -0.153. The van der Waals surface area contributed by atoms with Crippen LogP contribution >= 0.6 is 0 Å². The lowest BCUT2D eigenvalue weighted by atomic mass is 9.98. The lowest BCUT2D eigenvalue weighted by Gasteiger charge is -2.28. The average molecular weight is 252 g/mol. The highest BCUT2D eigenvalue weighted by Crippen LogP contribution is 2.52. The van der Waals surface area contributed by atoms with Gasteiger partial charge in [-0.25, -0.2) is 0 Å². The van der Waals surface area contributed by atoms with Crippen LogP contribution < -0.4 is 0 Å². The molecule has 3 rings (SSSR count).